The van der Waals surface area contributed by atoms with Gasteiger partial charge in [0.25, 0.3) is 0 Å². The zero-order valence-electron chi connectivity index (χ0n) is 17.4. The van der Waals surface area contributed by atoms with Gasteiger partial charge in [-0.2, -0.15) is 0 Å². The molecule has 1 aromatic rings. The molecule has 12 heteroatoms. The van der Waals surface area contributed by atoms with Crippen LogP contribution in [-0.2, 0) is 18.9 Å². The van der Waals surface area contributed by atoms with Crippen molar-refractivity contribution in [3.8, 4) is 5.75 Å². The largest absolute Gasteiger partial charge is 0.465 e. The Labute approximate surface area is 183 Å². The first-order chi connectivity index (χ1) is 15.1. The van der Waals surface area contributed by atoms with E-state index in [1.54, 1.807) is 12.1 Å². The van der Waals surface area contributed by atoms with Crippen LogP contribution >= 0.6 is 0 Å². The van der Waals surface area contributed by atoms with Crippen LogP contribution < -0.4 is 4.74 Å². The lowest BCUT2D eigenvalue weighted by Gasteiger charge is -2.42. The van der Waals surface area contributed by atoms with Crippen LogP contribution in [0.1, 0.15) is 17.3 Å². The van der Waals surface area contributed by atoms with E-state index >= 15 is 0 Å². The second kappa shape index (κ2) is 10.4. The topological polar surface area (TPSA) is 185 Å². The number of hydrogen-bond donors (Lipinski definition) is 6. The quantitative estimate of drug-likeness (QED) is 0.246. The van der Waals surface area contributed by atoms with E-state index in [1.807, 2.05) is 0 Å². The molecule has 10 atom stereocenters. The summed E-state index contributed by atoms with van der Waals surface area (Å²) in [7, 11) is 1.19. The number of rotatable bonds is 6. The Kier molecular flexibility index (Phi) is 8.03. The van der Waals surface area contributed by atoms with Gasteiger partial charge in [-0.1, -0.05) is 12.1 Å². The second-order valence-electron chi connectivity index (χ2n) is 7.63. The molecule has 2 aliphatic rings. The summed E-state index contributed by atoms with van der Waals surface area (Å²) in [6, 6.07) is 6.02. The minimum atomic E-state index is -1.68. The first kappa shape index (κ1) is 24.8. The van der Waals surface area contributed by atoms with Gasteiger partial charge in [0.2, 0.25) is 6.29 Å². The summed E-state index contributed by atoms with van der Waals surface area (Å²) in [6.45, 7) is 1.05. The van der Waals surface area contributed by atoms with E-state index < -0.39 is 74.0 Å². The SMILES string of the molecule is COC(=O)c1ccccc1O[C@@H]1O[C@H](CO[C@@H]2O[C@@H](C)[C@H](O)[C@@H](O)[C@H]2O)[C@@H](O)[C@H](O)[C@H]1O. The van der Waals surface area contributed by atoms with Gasteiger partial charge in [-0.25, -0.2) is 4.79 Å². The van der Waals surface area contributed by atoms with Gasteiger partial charge in [0.15, 0.2) is 6.29 Å². The molecule has 0 aromatic heterocycles. The van der Waals surface area contributed by atoms with Gasteiger partial charge >= 0.3 is 5.97 Å². The van der Waals surface area contributed by atoms with Crippen LogP contribution in [0, 0.1) is 0 Å². The van der Waals surface area contributed by atoms with Gasteiger partial charge in [0.1, 0.15) is 54.0 Å². The highest BCUT2D eigenvalue weighted by atomic mass is 16.7. The Morgan fingerprint density at radius 1 is 0.875 bits per heavy atom. The van der Waals surface area contributed by atoms with Crippen LogP contribution in [0.15, 0.2) is 24.3 Å². The first-order valence-corrected chi connectivity index (χ1v) is 10.0. The van der Waals surface area contributed by atoms with E-state index in [1.165, 1.54) is 26.2 Å². The molecule has 6 N–H and O–H groups in total. The van der Waals surface area contributed by atoms with Gasteiger partial charge in [-0.3, -0.25) is 0 Å². The van der Waals surface area contributed by atoms with Crippen molar-refractivity contribution >= 4 is 5.97 Å². The Morgan fingerprint density at radius 2 is 1.50 bits per heavy atom. The highest BCUT2D eigenvalue weighted by Crippen LogP contribution is 2.28. The van der Waals surface area contributed by atoms with Gasteiger partial charge < -0.3 is 54.3 Å². The maximum absolute atomic E-state index is 11.9. The second-order valence-corrected chi connectivity index (χ2v) is 7.63. The average Bonchev–Trinajstić information content (AvgIpc) is 2.80. The van der Waals surface area contributed by atoms with Crippen LogP contribution in [0.3, 0.4) is 0 Å². The third-order valence-corrected chi connectivity index (χ3v) is 5.44. The summed E-state index contributed by atoms with van der Waals surface area (Å²) >= 11 is 0. The standard InChI is InChI=1S/C20H28O12/c1-8-12(21)14(23)16(25)19(30-8)29-7-11-13(22)15(24)17(26)20(32-11)31-10-6-4-3-5-9(10)18(27)28-2/h3-6,8,11-17,19-26H,7H2,1-2H3/t8-,11+,12-,13+,14+,15-,16+,17+,19+,20+/m0/s1. The lowest BCUT2D eigenvalue weighted by atomic mass is 9.98. The van der Waals surface area contributed by atoms with Crippen molar-refractivity contribution < 1.29 is 59.1 Å². The molecule has 2 aliphatic heterocycles. The maximum Gasteiger partial charge on any atom is 0.341 e. The average molecular weight is 460 g/mol. The van der Waals surface area contributed by atoms with E-state index in [0.717, 1.165) is 0 Å². The fourth-order valence-electron chi connectivity index (χ4n) is 3.47. The molecule has 1 aromatic carbocycles. The number of esters is 1. The highest BCUT2D eigenvalue weighted by molar-refractivity contribution is 5.92. The zero-order chi connectivity index (χ0) is 23.6. The van der Waals surface area contributed by atoms with E-state index in [0.29, 0.717) is 0 Å². The maximum atomic E-state index is 11.9. The van der Waals surface area contributed by atoms with E-state index in [2.05, 4.69) is 4.74 Å². The van der Waals surface area contributed by atoms with Crippen molar-refractivity contribution in [1.29, 1.82) is 0 Å². The molecule has 2 fully saturated rings. The van der Waals surface area contributed by atoms with Gasteiger partial charge in [-0.15, -0.1) is 0 Å². The van der Waals surface area contributed by atoms with Gasteiger partial charge in [0.05, 0.1) is 19.8 Å². The summed E-state index contributed by atoms with van der Waals surface area (Å²) in [6.07, 6.45) is -14.3. The summed E-state index contributed by atoms with van der Waals surface area (Å²) in [5.74, 6) is -0.673. The van der Waals surface area contributed by atoms with Crippen LogP contribution in [0.5, 0.6) is 5.75 Å². The molecule has 0 unspecified atom stereocenters. The zero-order valence-corrected chi connectivity index (χ0v) is 17.4. The summed E-state index contributed by atoms with van der Waals surface area (Å²) in [5.41, 5.74) is 0.0551. The molecular formula is C20H28O12. The molecule has 0 radical (unpaired) electrons. The van der Waals surface area contributed by atoms with Crippen molar-refractivity contribution in [3.05, 3.63) is 29.8 Å². The normalized spacial score (nSPS) is 40.0. The molecule has 180 valence electrons. The monoisotopic (exact) mass is 460 g/mol. The van der Waals surface area contributed by atoms with Gasteiger partial charge in [-0.05, 0) is 19.1 Å². The molecule has 3 rings (SSSR count). The Morgan fingerprint density at radius 3 is 2.19 bits per heavy atom. The predicted octanol–water partition coefficient (Wildman–Crippen LogP) is -2.50. The molecule has 2 saturated heterocycles. The van der Waals surface area contributed by atoms with E-state index in [-0.39, 0.29) is 11.3 Å². The lowest BCUT2D eigenvalue weighted by Crippen LogP contribution is -2.61. The summed E-state index contributed by atoms with van der Waals surface area (Å²) in [4.78, 5) is 11.9. The third kappa shape index (κ3) is 5.03. The highest BCUT2D eigenvalue weighted by Gasteiger charge is 2.47. The van der Waals surface area contributed by atoms with Crippen molar-refractivity contribution in [3.63, 3.8) is 0 Å². The van der Waals surface area contributed by atoms with Crippen LogP contribution in [-0.4, -0.2) is 112 Å². The van der Waals surface area contributed by atoms with Crippen LogP contribution in [0.4, 0.5) is 0 Å². The number of carbonyl (C=O) groups excluding carboxylic acids is 1. The fraction of sp³-hybridized carbons (Fsp3) is 0.650. The number of aliphatic hydroxyl groups excluding tert-OH is 6. The molecule has 0 saturated carbocycles. The summed E-state index contributed by atoms with van der Waals surface area (Å²) in [5, 5.41) is 60.5. The molecule has 0 spiro atoms. The molecule has 0 bridgehead atoms. The van der Waals surface area contributed by atoms with Crippen LogP contribution in [0.2, 0.25) is 0 Å². The van der Waals surface area contributed by atoms with Crippen molar-refractivity contribution in [2.75, 3.05) is 13.7 Å². The smallest absolute Gasteiger partial charge is 0.341 e. The van der Waals surface area contributed by atoms with Gasteiger partial charge in [0, 0.05) is 0 Å². The lowest BCUT2D eigenvalue weighted by molar-refractivity contribution is -0.318. The van der Waals surface area contributed by atoms with Crippen molar-refractivity contribution in [1.82, 2.24) is 0 Å². The molecule has 0 amide bonds. The van der Waals surface area contributed by atoms with E-state index in [9.17, 15) is 35.4 Å². The molecule has 32 heavy (non-hydrogen) atoms. The minimum absolute atomic E-state index is 0.0172. The molecule has 2 heterocycles. The number of methoxy groups -OCH3 is 1. The molecular weight excluding hydrogens is 432 g/mol. The number of para-hydroxylation sites is 1. The number of ether oxygens (including phenoxy) is 5. The third-order valence-electron chi connectivity index (χ3n) is 5.44. The number of hydrogen-bond acceptors (Lipinski definition) is 12. The van der Waals surface area contributed by atoms with E-state index in [4.69, 9.17) is 18.9 Å². The minimum Gasteiger partial charge on any atom is -0.465 e. The van der Waals surface area contributed by atoms with Crippen molar-refractivity contribution in [2.45, 2.75) is 68.3 Å². The molecule has 12 nitrogen and oxygen atoms in total. The Balaban J connectivity index is 1.69. The first-order valence-electron chi connectivity index (χ1n) is 10.0. The number of aliphatic hydroxyl groups is 6. The Hall–Kier alpha value is -1.87. The van der Waals surface area contributed by atoms with Crippen molar-refractivity contribution in [2.24, 2.45) is 0 Å². The summed E-state index contributed by atoms with van der Waals surface area (Å²) < 4.78 is 26.5. The van der Waals surface area contributed by atoms with Crippen LogP contribution in [0.25, 0.3) is 0 Å². The Bertz CT molecular complexity index is 775. The fourth-order valence-corrected chi connectivity index (χ4v) is 3.47. The molecule has 0 aliphatic carbocycles. The number of benzene rings is 1. The predicted molar refractivity (Wildman–Crippen MR) is 103 cm³/mol. The number of carbonyl (C=O) groups is 1.